The number of nitrogens with zero attached hydrogens (tertiary/aromatic N) is 2. The van der Waals surface area contributed by atoms with Gasteiger partial charge in [-0.15, -0.1) is 11.3 Å². The van der Waals surface area contributed by atoms with Gasteiger partial charge in [0.1, 0.15) is 15.7 Å². The molecular weight excluding hydrogens is 413 g/mol. The van der Waals surface area contributed by atoms with Gasteiger partial charge in [-0.2, -0.15) is 0 Å². The van der Waals surface area contributed by atoms with Crippen LogP contribution >= 0.6 is 11.3 Å². The maximum Gasteiger partial charge on any atom is 0.263 e. The van der Waals surface area contributed by atoms with Crippen molar-refractivity contribution in [2.75, 3.05) is 13.1 Å². The summed E-state index contributed by atoms with van der Waals surface area (Å²) in [6.45, 7) is 3.62. The third-order valence-electron chi connectivity index (χ3n) is 5.43. The van der Waals surface area contributed by atoms with Crippen molar-refractivity contribution in [2.24, 2.45) is 0 Å². The lowest BCUT2D eigenvalue weighted by Crippen LogP contribution is -2.36. The number of nitrogens with one attached hydrogen (secondary N) is 1. The number of benzene rings is 2. The number of carbonyl (C=O) groups is 2. The Morgan fingerprint density at radius 3 is 2.65 bits per heavy atom. The average molecular weight is 438 g/mol. The molecule has 0 aliphatic carbocycles. The zero-order valence-corrected chi connectivity index (χ0v) is 18.2. The molecule has 2 heterocycles. The SMILES string of the molecule is Cc1nc(-c2ccc(F)cc2)sc1C(=O)NCCCC(=O)N1CCc2ccccc2C1. The third kappa shape index (κ3) is 4.99. The third-order valence-corrected chi connectivity index (χ3v) is 6.64. The number of halogens is 1. The first kappa shape index (κ1) is 21.2. The molecule has 0 fully saturated rings. The minimum absolute atomic E-state index is 0.122. The Balaban J connectivity index is 1.26. The van der Waals surface area contributed by atoms with E-state index in [0.29, 0.717) is 41.5 Å². The summed E-state index contributed by atoms with van der Waals surface area (Å²) in [5, 5.41) is 3.57. The first-order chi connectivity index (χ1) is 15.0. The molecule has 7 heteroatoms. The van der Waals surface area contributed by atoms with Crippen LogP contribution in [0.1, 0.15) is 39.3 Å². The first-order valence-electron chi connectivity index (χ1n) is 10.4. The summed E-state index contributed by atoms with van der Waals surface area (Å²) in [5.74, 6) is -0.377. The number of aryl methyl sites for hydroxylation is 1. The highest BCUT2D eigenvalue weighted by Crippen LogP contribution is 2.28. The molecule has 3 aromatic rings. The predicted molar refractivity (Wildman–Crippen MR) is 119 cm³/mol. The number of carbonyl (C=O) groups excluding carboxylic acids is 2. The number of fused-ring (bicyclic) bond motifs is 1. The van der Waals surface area contributed by atoms with Crippen LogP contribution in [0.2, 0.25) is 0 Å². The lowest BCUT2D eigenvalue weighted by molar-refractivity contribution is -0.132. The van der Waals surface area contributed by atoms with Crippen LogP contribution < -0.4 is 5.32 Å². The largest absolute Gasteiger partial charge is 0.351 e. The molecule has 31 heavy (non-hydrogen) atoms. The highest BCUT2D eigenvalue weighted by atomic mass is 32.1. The number of aromatic nitrogens is 1. The van der Waals surface area contributed by atoms with Gasteiger partial charge in [-0.1, -0.05) is 24.3 Å². The molecular formula is C24H24FN3O2S. The smallest absolute Gasteiger partial charge is 0.263 e. The minimum atomic E-state index is -0.307. The van der Waals surface area contributed by atoms with Crippen LogP contribution in [0.25, 0.3) is 10.6 Å². The van der Waals surface area contributed by atoms with Gasteiger partial charge in [0.2, 0.25) is 5.91 Å². The zero-order valence-electron chi connectivity index (χ0n) is 17.4. The van der Waals surface area contributed by atoms with Crippen LogP contribution in [0.5, 0.6) is 0 Å². The van der Waals surface area contributed by atoms with Crippen LogP contribution in [-0.4, -0.2) is 34.8 Å². The fourth-order valence-electron chi connectivity index (χ4n) is 3.71. The van der Waals surface area contributed by atoms with E-state index in [2.05, 4.69) is 22.4 Å². The first-order valence-corrected chi connectivity index (χ1v) is 11.2. The van der Waals surface area contributed by atoms with E-state index in [0.717, 1.165) is 18.5 Å². The Morgan fingerprint density at radius 1 is 1.13 bits per heavy atom. The van der Waals surface area contributed by atoms with E-state index in [-0.39, 0.29) is 17.6 Å². The van der Waals surface area contributed by atoms with Gasteiger partial charge >= 0.3 is 0 Å². The second kappa shape index (κ2) is 9.39. The maximum absolute atomic E-state index is 13.1. The molecule has 0 atom stereocenters. The molecule has 1 aliphatic heterocycles. The Kier molecular flexibility index (Phi) is 6.42. The van der Waals surface area contributed by atoms with Gasteiger partial charge in [-0.3, -0.25) is 9.59 Å². The summed E-state index contributed by atoms with van der Waals surface area (Å²) in [6.07, 6.45) is 1.88. The molecule has 160 valence electrons. The average Bonchev–Trinajstić information content (AvgIpc) is 3.18. The van der Waals surface area contributed by atoms with E-state index in [4.69, 9.17) is 0 Å². The Labute approximate surface area is 184 Å². The van der Waals surface area contributed by atoms with Crippen molar-refractivity contribution in [3.63, 3.8) is 0 Å². The monoisotopic (exact) mass is 437 g/mol. The van der Waals surface area contributed by atoms with Crippen LogP contribution in [-0.2, 0) is 17.8 Å². The van der Waals surface area contributed by atoms with Gasteiger partial charge in [0.25, 0.3) is 5.91 Å². The van der Waals surface area contributed by atoms with E-state index in [9.17, 15) is 14.0 Å². The topological polar surface area (TPSA) is 62.3 Å². The van der Waals surface area contributed by atoms with Gasteiger partial charge in [-0.25, -0.2) is 9.37 Å². The van der Waals surface area contributed by atoms with Gasteiger partial charge < -0.3 is 10.2 Å². The molecule has 0 unspecified atom stereocenters. The van der Waals surface area contributed by atoms with E-state index in [1.54, 1.807) is 19.1 Å². The molecule has 0 saturated carbocycles. The van der Waals surface area contributed by atoms with Crippen molar-refractivity contribution in [1.82, 2.24) is 15.2 Å². The molecule has 0 radical (unpaired) electrons. The summed E-state index contributed by atoms with van der Waals surface area (Å²) in [5.41, 5.74) is 3.96. The molecule has 1 aromatic heterocycles. The van der Waals surface area contributed by atoms with Crippen molar-refractivity contribution in [2.45, 2.75) is 32.7 Å². The van der Waals surface area contributed by atoms with Gasteiger partial charge in [0, 0.05) is 31.6 Å². The van der Waals surface area contributed by atoms with Crippen molar-refractivity contribution >= 4 is 23.2 Å². The number of thiazole rings is 1. The van der Waals surface area contributed by atoms with Crippen LogP contribution in [0.4, 0.5) is 4.39 Å². The van der Waals surface area contributed by atoms with E-state index in [1.807, 2.05) is 17.0 Å². The Hall–Kier alpha value is -3.06. The maximum atomic E-state index is 13.1. The molecule has 5 nitrogen and oxygen atoms in total. The van der Waals surface area contributed by atoms with Crippen molar-refractivity contribution < 1.29 is 14.0 Å². The molecule has 1 aliphatic rings. The second-order valence-corrected chi connectivity index (χ2v) is 8.63. The van der Waals surface area contributed by atoms with Gasteiger partial charge in [0.05, 0.1) is 5.69 Å². The number of rotatable bonds is 6. The molecule has 0 bridgehead atoms. The molecule has 4 rings (SSSR count). The van der Waals surface area contributed by atoms with Crippen LogP contribution in [0.15, 0.2) is 48.5 Å². The summed E-state index contributed by atoms with van der Waals surface area (Å²) >= 11 is 1.29. The standard InChI is InChI=1S/C24H24FN3O2S/c1-16-22(31-24(27-16)18-8-10-20(25)11-9-18)23(30)26-13-4-7-21(29)28-14-12-17-5-2-3-6-19(17)15-28/h2-3,5-6,8-11H,4,7,12-15H2,1H3,(H,26,30). The Bertz CT molecular complexity index is 1090. The molecule has 1 N–H and O–H groups in total. The number of amides is 2. The van der Waals surface area contributed by atoms with E-state index in [1.165, 1.54) is 34.6 Å². The van der Waals surface area contributed by atoms with Crippen LogP contribution in [0.3, 0.4) is 0 Å². The quantitative estimate of drug-likeness (QED) is 0.583. The van der Waals surface area contributed by atoms with Gasteiger partial charge in [0.15, 0.2) is 0 Å². The molecule has 0 saturated heterocycles. The van der Waals surface area contributed by atoms with E-state index >= 15 is 0 Å². The van der Waals surface area contributed by atoms with Crippen LogP contribution in [0, 0.1) is 12.7 Å². The lowest BCUT2D eigenvalue weighted by Gasteiger charge is -2.29. The highest BCUT2D eigenvalue weighted by Gasteiger charge is 2.20. The highest BCUT2D eigenvalue weighted by molar-refractivity contribution is 7.17. The summed E-state index contributed by atoms with van der Waals surface area (Å²) < 4.78 is 13.1. The fourth-order valence-corrected chi connectivity index (χ4v) is 4.70. The predicted octanol–water partition coefficient (Wildman–Crippen LogP) is 4.35. The van der Waals surface area contributed by atoms with Crippen molar-refractivity contribution in [1.29, 1.82) is 0 Å². The number of hydrogen-bond donors (Lipinski definition) is 1. The zero-order chi connectivity index (χ0) is 21.8. The fraction of sp³-hybridized carbons (Fsp3) is 0.292. The Morgan fingerprint density at radius 2 is 1.87 bits per heavy atom. The number of hydrogen-bond acceptors (Lipinski definition) is 4. The molecule has 0 spiro atoms. The van der Waals surface area contributed by atoms with Crippen molar-refractivity contribution in [3.05, 3.63) is 76.0 Å². The minimum Gasteiger partial charge on any atom is -0.351 e. The van der Waals surface area contributed by atoms with Gasteiger partial charge in [-0.05, 0) is 55.2 Å². The summed E-state index contributed by atoms with van der Waals surface area (Å²) in [4.78, 5) is 32.0. The normalized spacial score (nSPS) is 13.0. The summed E-state index contributed by atoms with van der Waals surface area (Å²) in [6, 6.07) is 14.3. The summed E-state index contributed by atoms with van der Waals surface area (Å²) in [7, 11) is 0. The van der Waals surface area contributed by atoms with E-state index < -0.39 is 0 Å². The molecule has 2 amide bonds. The second-order valence-electron chi connectivity index (χ2n) is 7.63. The lowest BCUT2D eigenvalue weighted by atomic mass is 9.99. The van der Waals surface area contributed by atoms with Crippen molar-refractivity contribution in [3.8, 4) is 10.6 Å². The molecule has 2 aromatic carbocycles.